The smallest absolute Gasteiger partial charge is 0.161 e. The Balaban J connectivity index is 1.01. The van der Waals surface area contributed by atoms with Gasteiger partial charge >= 0.3 is 0 Å². The van der Waals surface area contributed by atoms with Gasteiger partial charge in [-0.05, 0) is 129 Å². The number of rotatable bonds is 12. The van der Waals surface area contributed by atoms with Crippen molar-refractivity contribution >= 4 is 62.4 Å². The lowest BCUT2D eigenvalue weighted by atomic mass is 9.92. The highest BCUT2D eigenvalue weighted by Crippen LogP contribution is 2.45. The molecule has 0 spiro atoms. The maximum absolute atomic E-state index is 10.0. The zero-order valence-electron chi connectivity index (χ0n) is 42.9. The number of nitrogens with one attached hydrogen (secondary N) is 1. The molecule has 0 amide bonds. The summed E-state index contributed by atoms with van der Waals surface area (Å²) in [5.74, 6) is 1.01. The second kappa shape index (κ2) is 20.5. The Bertz CT molecular complexity index is 4150. The molecule has 10 aromatic rings. The summed E-state index contributed by atoms with van der Waals surface area (Å²) in [5, 5.41) is 13.7. The van der Waals surface area contributed by atoms with E-state index in [0.717, 1.165) is 78.9 Å². The van der Waals surface area contributed by atoms with Crippen molar-refractivity contribution in [2.45, 2.75) is 26.2 Å². The van der Waals surface area contributed by atoms with Crippen LogP contribution < -0.4 is 0 Å². The quantitative estimate of drug-likeness (QED) is 0.0720. The molecular formula is C72H55N5. The lowest BCUT2D eigenvalue weighted by Crippen LogP contribution is -2.09. The summed E-state index contributed by atoms with van der Waals surface area (Å²) in [6.07, 6.45) is 24.3. The molecule has 0 aliphatic heterocycles. The van der Waals surface area contributed by atoms with E-state index in [2.05, 4.69) is 235 Å². The minimum Gasteiger partial charge on any atom is -0.312 e. The van der Waals surface area contributed by atoms with Crippen molar-refractivity contribution in [3.05, 3.63) is 305 Å². The van der Waals surface area contributed by atoms with Gasteiger partial charge in [-0.3, -0.25) is 5.41 Å². The lowest BCUT2D eigenvalue weighted by molar-refractivity contribution is 1.08. The van der Waals surface area contributed by atoms with Gasteiger partial charge in [-0.15, -0.1) is 0 Å². The Hall–Kier alpha value is -9.71. The largest absolute Gasteiger partial charge is 0.312 e. The van der Waals surface area contributed by atoms with E-state index in [9.17, 15) is 5.41 Å². The SMILES string of the molecule is CC/C(=C\C(C1=CC2=CC2C=C1)=C(/Cc1ccccc1)n1c2ccccc2c2c3c4c(n(-c5ccccc5)c3ccc21)C=CC=CC4)C(=N)N=C(N=Cc1cc(-c2ccccc2)cc(-c2ccccc2)c1)c1ccccc1. The molecule has 3 aliphatic carbocycles. The van der Waals surface area contributed by atoms with Crippen molar-refractivity contribution in [2.75, 3.05) is 0 Å². The van der Waals surface area contributed by atoms with Crippen LogP contribution in [0, 0.1) is 11.3 Å². The van der Waals surface area contributed by atoms with E-state index in [0.29, 0.717) is 24.6 Å². The standard InChI is InChI=1S/C72H55N5/c1-2-51(71(73)75-72(54-29-15-6-16-30-54)74-48-50-41-57(52-25-11-4-12-26-52)46-58(42-50)53-27-13-5-14-28-53)47-63(56-38-37-55-44-59(55)45-56)68(43-49-23-9-3-10-24-49)77-65-36-22-21-34-62(65)70-67(77)40-39-66-69(70)61-33-19-8-20-35-64(61)76(66)60-31-17-7-18-32-60/h3-32,34-42,44-48,55,73H,2,33,43H2,1H3/b51-47+,68-63-,73-71?,74-48?,75-72?. The van der Waals surface area contributed by atoms with Crippen LogP contribution in [0.25, 0.3) is 72.4 Å². The fraction of sp³-hybridized carbons (Fsp3) is 0.0694. The van der Waals surface area contributed by atoms with Gasteiger partial charge in [0.05, 0.1) is 22.2 Å². The van der Waals surface area contributed by atoms with Gasteiger partial charge in [-0.25, -0.2) is 9.98 Å². The van der Waals surface area contributed by atoms with E-state index in [1.165, 1.54) is 44.1 Å². The van der Waals surface area contributed by atoms with Crippen LogP contribution in [-0.2, 0) is 12.8 Å². The van der Waals surface area contributed by atoms with E-state index in [-0.39, 0.29) is 5.84 Å². The van der Waals surface area contributed by atoms with Crippen LogP contribution in [0.1, 0.15) is 41.3 Å². The topological polar surface area (TPSA) is 58.4 Å². The van der Waals surface area contributed by atoms with Crippen molar-refractivity contribution in [2.24, 2.45) is 15.9 Å². The number of fused-ring (bicyclic) bond motifs is 8. The van der Waals surface area contributed by atoms with Crippen molar-refractivity contribution < 1.29 is 0 Å². The predicted octanol–water partition coefficient (Wildman–Crippen LogP) is 17.6. The Morgan fingerprint density at radius 1 is 0.636 bits per heavy atom. The molecule has 1 N–H and O–H groups in total. The molecular weight excluding hydrogens is 935 g/mol. The average molecular weight is 990 g/mol. The summed E-state index contributed by atoms with van der Waals surface area (Å²) in [6, 6.07) is 72.7. The first kappa shape index (κ1) is 47.0. The highest BCUT2D eigenvalue weighted by molar-refractivity contribution is 6.23. The minimum absolute atomic E-state index is 0.168. The molecule has 77 heavy (non-hydrogen) atoms. The molecule has 5 nitrogen and oxygen atoms in total. The van der Waals surface area contributed by atoms with E-state index in [1.54, 1.807) is 0 Å². The van der Waals surface area contributed by atoms with Crippen molar-refractivity contribution in [3.8, 4) is 27.9 Å². The molecule has 0 saturated heterocycles. The number of aromatic nitrogens is 2. The number of nitrogens with zero attached hydrogens (tertiary/aromatic N) is 4. The molecule has 368 valence electrons. The van der Waals surface area contributed by atoms with Gasteiger partial charge < -0.3 is 9.13 Å². The molecule has 8 aromatic carbocycles. The van der Waals surface area contributed by atoms with Crippen molar-refractivity contribution in [1.82, 2.24) is 9.13 Å². The van der Waals surface area contributed by atoms with Crippen LogP contribution >= 0.6 is 0 Å². The fourth-order valence-electron chi connectivity index (χ4n) is 11.3. The molecule has 0 radical (unpaired) electrons. The average Bonchev–Trinajstić information content (AvgIpc) is 4.21. The summed E-state index contributed by atoms with van der Waals surface area (Å²) in [5.41, 5.74) is 20.0. The van der Waals surface area contributed by atoms with E-state index < -0.39 is 0 Å². The van der Waals surface area contributed by atoms with Gasteiger partial charge in [0, 0.05) is 57.2 Å². The number of para-hydroxylation sites is 2. The number of hydrogen-bond donors (Lipinski definition) is 1. The van der Waals surface area contributed by atoms with Crippen molar-refractivity contribution in [3.63, 3.8) is 0 Å². The van der Waals surface area contributed by atoms with E-state index in [1.807, 2.05) is 48.7 Å². The Kier molecular flexibility index (Phi) is 12.5. The third-order valence-corrected chi connectivity index (χ3v) is 15.1. The second-order valence-corrected chi connectivity index (χ2v) is 19.9. The Labute approximate surface area is 449 Å². The number of amidine groups is 2. The maximum Gasteiger partial charge on any atom is 0.161 e. The summed E-state index contributed by atoms with van der Waals surface area (Å²) in [6.45, 7) is 2.13. The van der Waals surface area contributed by atoms with E-state index in [4.69, 9.17) is 9.98 Å². The van der Waals surface area contributed by atoms with Crippen LogP contribution in [0.3, 0.4) is 0 Å². The monoisotopic (exact) mass is 989 g/mol. The highest BCUT2D eigenvalue weighted by atomic mass is 15.0. The van der Waals surface area contributed by atoms with E-state index >= 15 is 0 Å². The minimum atomic E-state index is 0.168. The molecule has 13 rings (SSSR count). The van der Waals surface area contributed by atoms with Gasteiger partial charge in [0.25, 0.3) is 0 Å². The summed E-state index contributed by atoms with van der Waals surface area (Å²) in [7, 11) is 0. The molecule has 5 heteroatoms. The first-order valence-electron chi connectivity index (χ1n) is 26.7. The van der Waals surface area contributed by atoms with Gasteiger partial charge in [0.2, 0.25) is 0 Å². The first-order valence-corrected chi connectivity index (χ1v) is 26.7. The molecule has 2 aromatic heterocycles. The van der Waals surface area contributed by atoms with Crippen LogP contribution in [0.15, 0.2) is 287 Å². The molecule has 0 saturated carbocycles. The third kappa shape index (κ3) is 9.23. The van der Waals surface area contributed by atoms with Crippen LogP contribution in [0.2, 0.25) is 0 Å². The maximum atomic E-state index is 10.0. The van der Waals surface area contributed by atoms with Gasteiger partial charge in [-0.2, -0.15) is 0 Å². The molecule has 0 fully saturated rings. The number of allylic oxidation sites excluding steroid dienone is 12. The van der Waals surface area contributed by atoms with Gasteiger partial charge in [-0.1, -0.05) is 207 Å². The molecule has 3 aliphatic rings. The predicted molar refractivity (Wildman–Crippen MR) is 324 cm³/mol. The molecule has 2 heterocycles. The third-order valence-electron chi connectivity index (χ3n) is 15.1. The van der Waals surface area contributed by atoms with Crippen LogP contribution in [0.5, 0.6) is 0 Å². The zero-order chi connectivity index (χ0) is 51.7. The molecule has 1 atom stereocenters. The zero-order valence-corrected chi connectivity index (χ0v) is 42.9. The molecule has 1 unspecified atom stereocenters. The second-order valence-electron chi connectivity index (χ2n) is 19.9. The summed E-state index contributed by atoms with van der Waals surface area (Å²) in [4.78, 5) is 10.3. The Morgan fingerprint density at radius 2 is 1.29 bits per heavy atom. The van der Waals surface area contributed by atoms with Crippen LogP contribution in [0.4, 0.5) is 0 Å². The van der Waals surface area contributed by atoms with Crippen LogP contribution in [-0.4, -0.2) is 27.0 Å². The Morgan fingerprint density at radius 3 is 1.99 bits per heavy atom. The van der Waals surface area contributed by atoms with Crippen molar-refractivity contribution in [1.29, 1.82) is 5.41 Å². The fourth-order valence-corrected chi connectivity index (χ4v) is 11.3. The highest BCUT2D eigenvalue weighted by Gasteiger charge is 2.28. The van der Waals surface area contributed by atoms with Gasteiger partial charge in [0.1, 0.15) is 5.84 Å². The molecule has 0 bridgehead atoms. The van der Waals surface area contributed by atoms with Gasteiger partial charge in [0.15, 0.2) is 5.84 Å². The summed E-state index contributed by atoms with van der Waals surface area (Å²) >= 11 is 0. The first-order chi connectivity index (χ1) is 38.1. The normalized spacial score (nSPS) is 15.4. The summed E-state index contributed by atoms with van der Waals surface area (Å²) < 4.78 is 4.95. The number of hydrogen-bond acceptors (Lipinski definition) is 1. The number of aliphatic imine (C=N–C) groups is 2. The lowest BCUT2D eigenvalue weighted by Gasteiger charge is -2.20. The number of benzene rings is 8.